The van der Waals surface area contributed by atoms with Crippen molar-refractivity contribution in [1.82, 2.24) is 14.9 Å². The third-order valence-electron chi connectivity index (χ3n) is 3.04. The minimum Gasteiger partial charge on any atom is -0.383 e. The highest BCUT2D eigenvalue weighted by Gasteiger charge is 2.03. The van der Waals surface area contributed by atoms with Crippen molar-refractivity contribution in [3.05, 3.63) is 53.6 Å². The van der Waals surface area contributed by atoms with Crippen molar-refractivity contribution in [3.8, 4) is 0 Å². The van der Waals surface area contributed by atoms with Gasteiger partial charge in [0.15, 0.2) is 0 Å². The number of benzene rings is 1. The maximum absolute atomic E-state index is 5.01. The Morgan fingerprint density at radius 3 is 2.79 bits per heavy atom. The highest BCUT2D eigenvalue weighted by atomic mass is 16.5. The highest BCUT2D eigenvalue weighted by Crippen LogP contribution is 2.07. The number of nitrogens with one attached hydrogen (secondary N) is 1. The van der Waals surface area contributed by atoms with Gasteiger partial charge in [-0.2, -0.15) is 0 Å². The average Bonchev–Trinajstić information content (AvgIpc) is 2.85. The summed E-state index contributed by atoms with van der Waals surface area (Å²) in [5.41, 5.74) is 2.58. The lowest BCUT2D eigenvalue weighted by Gasteiger charge is -2.09. The summed E-state index contributed by atoms with van der Waals surface area (Å²) in [6.45, 7) is 5.29. The van der Waals surface area contributed by atoms with Crippen LogP contribution in [-0.4, -0.2) is 29.8 Å². The Kier molecular flexibility index (Phi) is 5.12. The van der Waals surface area contributed by atoms with Crippen LogP contribution in [0.25, 0.3) is 0 Å². The second-order valence-electron chi connectivity index (χ2n) is 4.63. The summed E-state index contributed by atoms with van der Waals surface area (Å²) in [4.78, 5) is 4.39. The fraction of sp³-hybridized carbons (Fsp3) is 0.400. The highest BCUT2D eigenvalue weighted by molar-refractivity contribution is 5.21. The quantitative estimate of drug-likeness (QED) is 0.773. The predicted octanol–water partition coefficient (Wildman–Crippen LogP) is 1.98. The molecule has 1 heterocycles. The van der Waals surface area contributed by atoms with Gasteiger partial charge in [-0.15, -0.1) is 0 Å². The van der Waals surface area contributed by atoms with Crippen molar-refractivity contribution in [2.24, 2.45) is 0 Å². The van der Waals surface area contributed by atoms with Crippen LogP contribution >= 0.6 is 0 Å². The van der Waals surface area contributed by atoms with E-state index in [0.717, 1.165) is 32.1 Å². The maximum Gasteiger partial charge on any atom is 0.122 e. The van der Waals surface area contributed by atoms with Gasteiger partial charge in [0.2, 0.25) is 0 Å². The number of aryl methyl sites for hydroxylation is 1. The normalized spacial score (nSPS) is 10.8. The molecule has 0 aliphatic carbocycles. The van der Waals surface area contributed by atoms with E-state index in [1.54, 1.807) is 7.11 Å². The van der Waals surface area contributed by atoms with E-state index in [1.807, 2.05) is 12.4 Å². The molecule has 0 bridgehead atoms. The summed E-state index contributed by atoms with van der Waals surface area (Å²) in [6.07, 6.45) is 3.87. The second-order valence-corrected chi connectivity index (χ2v) is 4.63. The molecule has 1 N–H and O–H groups in total. The Labute approximate surface area is 114 Å². The van der Waals surface area contributed by atoms with Gasteiger partial charge in [-0.25, -0.2) is 4.98 Å². The molecule has 0 aliphatic heterocycles. The molecule has 2 aromatic rings. The number of nitrogens with zero attached hydrogens (tertiary/aromatic N) is 2. The SMILES string of the molecule is COCCNCc1nccn1Cc1ccc(C)cc1. The molecule has 0 spiro atoms. The predicted molar refractivity (Wildman–Crippen MR) is 76.1 cm³/mol. The average molecular weight is 259 g/mol. The van der Waals surface area contributed by atoms with Gasteiger partial charge in [-0.1, -0.05) is 29.8 Å². The summed E-state index contributed by atoms with van der Waals surface area (Å²) < 4.78 is 7.18. The topological polar surface area (TPSA) is 39.1 Å². The minimum atomic E-state index is 0.721. The van der Waals surface area contributed by atoms with E-state index in [1.165, 1.54) is 11.1 Å². The number of hydrogen-bond acceptors (Lipinski definition) is 3. The standard InChI is InChI=1S/C15H21N3O/c1-13-3-5-14(6-4-13)12-18-9-7-17-15(18)11-16-8-10-19-2/h3-7,9,16H,8,10-12H2,1-2H3. The van der Waals surface area contributed by atoms with Gasteiger partial charge in [-0.3, -0.25) is 0 Å². The minimum absolute atomic E-state index is 0.721. The molecule has 19 heavy (non-hydrogen) atoms. The van der Waals surface area contributed by atoms with Gasteiger partial charge in [0.25, 0.3) is 0 Å². The summed E-state index contributed by atoms with van der Waals surface area (Å²) >= 11 is 0. The third kappa shape index (κ3) is 4.19. The molecule has 102 valence electrons. The molecule has 0 radical (unpaired) electrons. The molecule has 2 rings (SSSR count). The van der Waals surface area contributed by atoms with Gasteiger partial charge < -0.3 is 14.6 Å². The van der Waals surface area contributed by atoms with Crippen LogP contribution < -0.4 is 5.32 Å². The smallest absolute Gasteiger partial charge is 0.122 e. The third-order valence-corrected chi connectivity index (χ3v) is 3.04. The molecule has 1 aromatic heterocycles. The molecule has 0 aliphatic rings. The van der Waals surface area contributed by atoms with Crippen molar-refractivity contribution in [2.45, 2.75) is 20.0 Å². The molecule has 0 unspecified atom stereocenters. The number of aromatic nitrogens is 2. The molecule has 0 fully saturated rings. The van der Waals surface area contributed by atoms with Crippen LogP contribution in [-0.2, 0) is 17.8 Å². The lowest BCUT2D eigenvalue weighted by molar-refractivity contribution is 0.199. The fourth-order valence-electron chi connectivity index (χ4n) is 1.92. The summed E-state index contributed by atoms with van der Waals surface area (Å²) in [5, 5.41) is 3.32. The lowest BCUT2D eigenvalue weighted by atomic mass is 10.1. The van der Waals surface area contributed by atoms with Gasteiger partial charge in [0.1, 0.15) is 5.82 Å². The first-order valence-electron chi connectivity index (χ1n) is 6.55. The summed E-state index contributed by atoms with van der Waals surface area (Å²) in [7, 11) is 1.71. The van der Waals surface area contributed by atoms with Crippen LogP contribution in [0.1, 0.15) is 17.0 Å². The van der Waals surface area contributed by atoms with Crippen molar-refractivity contribution < 1.29 is 4.74 Å². The Morgan fingerprint density at radius 2 is 2.05 bits per heavy atom. The number of hydrogen-bond donors (Lipinski definition) is 1. The van der Waals surface area contributed by atoms with E-state index in [9.17, 15) is 0 Å². The van der Waals surface area contributed by atoms with E-state index in [4.69, 9.17) is 4.74 Å². The first kappa shape index (κ1) is 13.8. The largest absolute Gasteiger partial charge is 0.383 e. The van der Waals surface area contributed by atoms with Gasteiger partial charge >= 0.3 is 0 Å². The van der Waals surface area contributed by atoms with Gasteiger partial charge in [-0.05, 0) is 12.5 Å². The zero-order valence-electron chi connectivity index (χ0n) is 11.6. The van der Waals surface area contributed by atoms with E-state index in [0.29, 0.717) is 0 Å². The molecule has 0 atom stereocenters. The Bertz CT molecular complexity index is 490. The summed E-state index contributed by atoms with van der Waals surface area (Å²) in [6, 6.07) is 8.61. The molecule has 4 nitrogen and oxygen atoms in total. The Morgan fingerprint density at radius 1 is 1.26 bits per heavy atom. The van der Waals surface area contributed by atoms with E-state index >= 15 is 0 Å². The Hall–Kier alpha value is -1.65. The van der Waals surface area contributed by atoms with Crippen LogP contribution in [0.5, 0.6) is 0 Å². The fourth-order valence-corrected chi connectivity index (χ4v) is 1.92. The number of imidazole rings is 1. The van der Waals surface area contributed by atoms with E-state index in [-0.39, 0.29) is 0 Å². The van der Waals surface area contributed by atoms with Crippen LogP contribution in [0.15, 0.2) is 36.7 Å². The second kappa shape index (κ2) is 7.07. The molecule has 0 saturated heterocycles. The first-order valence-corrected chi connectivity index (χ1v) is 6.55. The maximum atomic E-state index is 5.01. The zero-order chi connectivity index (χ0) is 13.5. The number of methoxy groups -OCH3 is 1. The Balaban J connectivity index is 1.93. The number of rotatable bonds is 7. The molecule has 4 heteroatoms. The zero-order valence-corrected chi connectivity index (χ0v) is 11.6. The van der Waals surface area contributed by atoms with Crippen LogP contribution in [0.2, 0.25) is 0 Å². The van der Waals surface area contributed by atoms with Crippen molar-refractivity contribution in [2.75, 3.05) is 20.3 Å². The van der Waals surface area contributed by atoms with E-state index in [2.05, 4.69) is 46.1 Å². The van der Waals surface area contributed by atoms with Crippen molar-refractivity contribution in [3.63, 3.8) is 0 Å². The molecule has 1 aromatic carbocycles. The molecular formula is C15H21N3O. The van der Waals surface area contributed by atoms with Crippen LogP contribution in [0, 0.1) is 6.92 Å². The van der Waals surface area contributed by atoms with E-state index < -0.39 is 0 Å². The van der Waals surface area contributed by atoms with Crippen molar-refractivity contribution in [1.29, 1.82) is 0 Å². The number of ether oxygens (including phenoxy) is 1. The molecular weight excluding hydrogens is 238 g/mol. The van der Waals surface area contributed by atoms with Gasteiger partial charge in [0.05, 0.1) is 13.2 Å². The summed E-state index contributed by atoms with van der Waals surface area (Å²) in [5.74, 6) is 1.05. The monoisotopic (exact) mass is 259 g/mol. The van der Waals surface area contributed by atoms with Crippen molar-refractivity contribution >= 4 is 0 Å². The molecule has 0 amide bonds. The van der Waals surface area contributed by atoms with Gasteiger partial charge in [0, 0.05) is 32.6 Å². The first-order chi connectivity index (χ1) is 9.29. The van der Waals surface area contributed by atoms with Crippen LogP contribution in [0.4, 0.5) is 0 Å². The molecule has 0 saturated carbocycles. The lowest BCUT2D eigenvalue weighted by Crippen LogP contribution is -2.21. The van der Waals surface area contributed by atoms with Crippen LogP contribution in [0.3, 0.4) is 0 Å².